The van der Waals surface area contributed by atoms with Gasteiger partial charge in [-0.15, -0.1) is 0 Å². The van der Waals surface area contributed by atoms with Gasteiger partial charge in [-0.3, -0.25) is 4.79 Å². The number of pyridine rings is 1. The van der Waals surface area contributed by atoms with Gasteiger partial charge in [0.25, 0.3) is 0 Å². The van der Waals surface area contributed by atoms with Crippen LogP contribution in [-0.2, 0) is 4.79 Å². The van der Waals surface area contributed by atoms with Gasteiger partial charge >= 0.3 is 0 Å². The van der Waals surface area contributed by atoms with E-state index in [0.717, 1.165) is 19.5 Å². The highest BCUT2D eigenvalue weighted by molar-refractivity contribution is 5.89. The number of nitriles is 1. The third-order valence-electron chi connectivity index (χ3n) is 3.43. The number of hydrogen-bond acceptors (Lipinski definition) is 4. The van der Waals surface area contributed by atoms with Crippen molar-refractivity contribution < 1.29 is 4.79 Å². The van der Waals surface area contributed by atoms with Crippen LogP contribution < -0.4 is 5.32 Å². The van der Waals surface area contributed by atoms with E-state index in [2.05, 4.69) is 22.2 Å². The highest BCUT2D eigenvalue weighted by Gasteiger charge is 2.19. The lowest BCUT2D eigenvalue weighted by Crippen LogP contribution is -2.17. The lowest BCUT2D eigenvalue weighted by Gasteiger charge is -2.10. The van der Waals surface area contributed by atoms with Gasteiger partial charge in [0.1, 0.15) is 11.9 Å². The van der Waals surface area contributed by atoms with E-state index in [1.54, 1.807) is 12.1 Å². The molecule has 1 amide bonds. The fraction of sp³-hybridized carbons (Fsp3) is 0.500. The summed E-state index contributed by atoms with van der Waals surface area (Å²) in [5.41, 5.74) is 0.493. The second-order valence-electron chi connectivity index (χ2n) is 5.05. The number of anilines is 1. The van der Waals surface area contributed by atoms with Crippen LogP contribution in [0, 0.1) is 17.2 Å². The average molecular weight is 258 g/mol. The molecule has 100 valence electrons. The number of amides is 1. The van der Waals surface area contributed by atoms with E-state index in [9.17, 15) is 4.79 Å². The lowest BCUT2D eigenvalue weighted by molar-refractivity contribution is -0.116. The quantitative estimate of drug-likeness (QED) is 0.891. The van der Waals surface area contributed by atoms with Crippen molar-refractivity contribution in [1.82, 2.24) is 9.88 Å². The van der Waals surface area contributed by atoms with E-state index < -0.39 is 0 Å². The summed E-state index contributed by atoms with van der Waals surface area (Å²) in [5.74, 6) is 1.13. The summed E-state index contributed by atoms with van der Waals surface area (Å²) in [4.78, 5) is 18.1. The Morgan fingerprint density at radius 2 is 2.47 bits per heavy atom. The normalized spacial score (nSPS) is 19.1. The fourth-order valence-electron chi connectivity index (χ4n) is 2.34. The Balaban J connectivity index is 1.76. The van der Waals surface area contributed by atoms with Crippen LogP contribution in [-0.4, -0.2) is 35.9 Å². The Hall–Kier alpha value is -1.93. The molecule has 19 heavy (non-hydrogen) atoms. The first-order valence-electron chi connectivity index (χ1n) is 6.52. The zero-order chi connectivity index (χ0) is 13.7. The predicted octanol–water partition coefficient (Wildman–Crippen LogP) is 1.62. The summed E-state index contributed by atoms with van der Waals surface area (Å²) in [6.45, 7) is 2.21. The maximum absolute atomic E-state index is 11.8. The van der Waals surface area contributed by atoms with Crippen molar-refractivity contribution in [3.8, 4) is 6.07 Å². The number of nitrogens with one attached hydrogen (secondary N) is 1. The van der Waals surface area contributed by atoms with Crippen molar-refractivity contribution in [2.75, 3.05) is 25.5 Å². The number of nitrogens with zero attached hydrogens (tertiary/aromatic N) is 3. The number of carbonyl (C=O) groups excluding carboxylic acids is 1. The maximum Gasteiger partial charge on any atom is 0.225 e. The first-order chi connectivity index (χ1) is 9.17. The van der Waals surface area contributed by atoms with Crippen molar-refractivity contribution in [2.24, 2.45) is 5.92 Å². The molecule has 0 bridgehead atoms. The minimum absolute atomic E-state index is 0.00763. The van der Waals surface area contributed by atoms with Crippen LogP contribution in [0.1, 0.15) is 24.8 Å². The Morgan fingerprint density at radius 3 is 3.05 bits per heavy atom. The minimum Gasteiger partial charge on any atom is -0.311 e. The van der Waals surface area contributed by atoms with Gasteiger partial charge in [-0.05, 0) is 44.5 Å². The molecule has 0 aromatic carbocycles. The van der Waals surface area contributed by atoms with Crippen LogP contribution in [0.25, 0.3) is 0 Å². The van der Waals surface area contributed by atoms with Crippen molar-refractivity contribution >= 4 is 11.7 Å². The van der Waals surface area contributed by atoms with Gasteiger partial charge in [0.15, 0.2) is 0 Å². The molecule has 0 aliphatic carbocycles. The molecule has 1 aliphatic heterocycles. The van der Waals surface area contributed by atoms with Crippen LogP contribution in [0.4, 0.5) is 5.82 Å². The van der Waals surface area contributed by atoms with Crippen LogP contribution in [0.5, 0.6) is 0 Å². The molecule has 5 nitrogen and oxygen atoms in total. The van der Waals surface area contributed by atoms with Gasteiger partial charge in [0.2, 0.25) is 5.91 Å². The average Bonchev–Trinajstić information content (AvgIpc) is 2.83. The highest BCUT2D eigenvalue weighted by atomic mass is 16.1. The summed E-state index contributed by atoms with van der Waals surface area (Å²) < 4.78 is 0. The smallest absolute Gasteiger partial charge is 0.225 e. The number of rotatable bonds is 4. The minimum atomic E-state index is -0.00763. The van der Waals surface area contributed by atoms with Crippen molar-refractivity contribution in [1.29, 1.82) is 5.26 Å². The molecule has 1 atom stereocenters. The van der Waals surface area contributed by atoms with Crippen LogP contribution in [0.2, 0.25) is 0 Å². The number of carbonyl (C=O) groups is 1. The maximum atomic E-state index is 11.8. The molecule has 0 radical (unpaired) electrons. The topological polar surface area (TPSA) is 69.0 Å². The van der Waals surface area contributed by atoms with E-state index >= 15 is 0 Å². The van der Waals surface area contributed by atoms with Crippen LogP contribution in [0.3, 0.4) is 0 Å². The van der Waals surface area contributed by atoms with Crippen LogP contribution >= 0.6 is 0 Å². The number of aromatic nitrogens is 1. The van der Waals surface area contributed by atoms with E-state index in [1.807, 2.05) is 6.07 Å². The fourth-order valence-corrected chi connectivity index (χ4v) is 2.34. The van der Waals surface area contributed by atoms with Crippen molar-refractivity contribution in [3.63, 3.8) is 0 Å². The van der Waals surface area contributed by atoms with Gasteiger partial charge in [0, 0.05) is 19.2 Å². The Labute approximate surface area is 113 Å². The molecule has 0 saturated carbocycles. The molecule has 2 heterocycles. The SMILES string of the molecule is CN1CCC(CCC(=O)Nc2ccc(C#N)cn2)C1. The zero-order valence-corrected chi connectivity index (χ0v) is 11.1. The van der Waals surface area contributed by atoms with E-state index in [4.69, 9.17) is 5.26 Å². The second-order valence-corrected chi connectivity index (χ2v) is 5.05. The van der Waals surface area contributed by atoms with Gasteiger partial charge < -0.3 is 10.2 Å². The van der Waals surface area contributed by atoms with Crippen LogP contribution in [0.15, 0.2) is 18.3 Å². The molecule has 1 unspecified atom stereocenters. The molecule has 1 fully saturated rings. The Bertz CT molecular complexity index is 477. The summed E-state index contributed by atoms with van der Waals surface area (Å²) >= 11 is 0. The summed E-state index contributed by atoms with van der Waals surface area (Å²) in [6.07, 6.45) is 4.09. The first kappa shape index (κ1) is 13.5. The summed E-state index contributed by atoms with van der Waals surface area (Å²) in [7, 11) is 2.11. The second kappa shape index (κ2) is 6.30. The van der Waals surface area contributed by atoms with Crippen molar-refractivity contribution in [2.45, 2.75) is 19.3 Å². The standard InChI is InChI=1S/C14H18N4O/c1-18-7-6-11(10-18)3-5-14(19)17-13-4-2-12(8-15)9-16-13/h2,4,9,11H,3,5-7,10H2,1H3,(H,16,17,19). The first-order valence-corrected chi connectivity index (χ1v) is 6.52. The van der Waals surface area contributed by atoms with E-state index in [1.165, 1.54) is 12.6 Å². The highest BCUT2D eigenvalue weighted by Crippen LogP contribution is 2.19. The number of hydrogen-bond donors (Lipinski definition) is 1. The van der Waals surface area contributed by atoms with E-state index in [0.29, 0.717) is 23.7 Å². The molecule has 1 aliphatic rings. The Kier molecular flexibility index (Phi) is 4.48. The number of likely N-dealkylation sites (tertiary alicyclic amines) is 1. The monoisotopic (exact) mass is 258 g/mol. The molecule has 5 heteroatoms. The molecule has 1 saturated heterocycles. The molecule has 0 spiro atoms. The van der Waals surface area contributed by atoms with Gasteiger partial charge in [-0.1, -0.05) is 0 Å². The largest absolute Gasteiger partial charge is 0.311 e. The van der Waals surface area contributed by atoms with E-state index in [-0.39, 0.29) is 5.91 Å². The van der Waals surface area contributed by atoms with Gasteiger partial charge in [-0.2, -0.15) is 5.26 Å². The molecular weight excluding hydrogens is 240 g/mol. The van der Waals surface area contributed by atoms with Gasteiger partial charge in [0.05, 0.1) is 5.56 Å². The molecule has 1 N–H and O–H groups in total. The molecular formula is C14H18N4O. The third kappa shape index (κ3) is 4.04. The third-order valence-corrected chi connectivity index (χ3v) is 3.43. The molecule has 1 aromatic rings. The molecule has 1 aromatic heterocycles. The Morgan fingerprint density at radius 1 is 1.63 bits per heavy atom. The lowest BCUT2D eigenvalue weighted by atomic mass is 10.0. The zero-order valence-electron chi connectivity index (χ0n) is 11.1. The van der Waals surface area contributed by atoms with Gasteiger partial charge in [-0.25, -0.2) is 4.98 Å². The summed E-state index contributed by atoms with van der Waals surface area (Å²) in [5, 5.41) is 11.4. The predicted molar refractivity (Wildman–Crippen MR) is 72.4 cm³/mol. The summed E-state index contributed by atoms with van der Waals surface area (Å²) in [6, 6.07) is 5.29. The molecule has 2 rings (SSSR count). The van der Waals surface area contributed by atoms with Crippen molar-refractivity contribution in [3.05, 3.63) is 23.9 Å².